The Morgan fingerprint density at radius 1 is 1.09 bits per heavy atom. The zero-order chi connectivity index (χ0) is 22.2. The number of hydrogen-bond acceptors (Lipinski definition) is 6. The Morgan fingerprint density at radius 3 is 2.72 bits per heavy atom. The van der Waals surface area contributed by atoms with E-state index in [4.69, 9.17) is 11.6 Å². The molecule has 0 unspecified atom stereocenters. The summed E-state index contributed by atoms with van der Waals surface area (Å²) < 4.78 is 1.65. The summed E-state index contributed by atoms with van der Waals surface area (Å²) in [5.74, 6) is 0.825. The van der Waals surface area contributed by atoms with Gasteiger partial charge in [-0.05, 0) is 36.6 Å². The summed E-state index contributed by atoms with van der Waals surface area (Å²) >= 11 is 6.38. The molecule has 1 aliphatic heterocycles. The second-order valence-corrected chi connectivity index (χ2v) is 7.87. The van der Waals surface area contributed by atoms with E-state index in [1.165, 1.54) is 6.33 Å². The van der Waals surface area contributed by atoms with E-state index in [1.54, 1.807) is 10.6 Å². The number of fused-ring (bicyclic) bond motifs is 2. The average Bonchev–Trinajstić information content (AvgIpc) is 2.80. The Hall–Kier alpha value is -3.91. The zero-order valence-corrected chi connectivity index (χ0v) is 17.8. The van der Waals surface area contributed by atoms with Crippen LogP contribution in [0.3, 0.4) is 0 Å². The molecular formula is C23H19ClN6O2. The molecular weight excluding hydrogens is 428 g/mol. The number of amides is 1. The van der Waals surface area contributed by atoms with Crippen LogP contribution in [0.15, 0.2) is 65.7 Å². The van der Waals surface area contributed by atoms with Gasteiger partial charge in [-0.25, -0.2) is 9.97 Å². The first-order valence-electron chi connectivity index (χ1n) is 10.1. The van der Waals surface area contributed by atoms with E-state index in [2.05, 4.69) is 25.9 Å². The van der Waals surface area contributed by atoms with Crippen LogP contribution in [-0.2, 0) is 4.79 Å². The number of pyridine rings is 1. The largest absolute Gasteiger partial charge is 0.360 e. The molecule has 0 aliphatic carbocycles. The van der Waals surface area contributed by atoms with Crippen LogP contribution in [0.1, 0.15) is 18.7 Å². The van der Waals surface area contributed by atoms with Gasteiger partial charge < -0.3 is 16.0 Å². The fourth-order valence-corrected chi connectivity index (χ4v) is 4.14. The smallest absolute Gasteiger partial charge is 0.264 e. The number of nitrogens with zero attached hydrogens (tertiary/aromatic N) is 3. The van der Waals surface area contributed by atoms with Gasteiger partial charge in [0.1, 0.15) is 12.0 Å². The van der Waals surface area contributed by atoms with Crippen molar-refractivity contribution in [1.29, 1.82) is 0 Å². The van der Waals surface area contributed by atoms with Crippen molar-refractivity contribution in [3.63, 3.8) is 0 Å². The highest BCUT2D eigenvalue weighted by atomic mass is 35.5. The average molecular weight is 447 g/mol. The van der Waals surface area contributed by atoms with Crippen LogP contribution in [0.25, 0.3) is 16.5 Å². The molecule has 8 nitrogen and oxygen atoms in total. The highest BCUT2D eigenvalue weighted by molar-refractivity contribution is 6.35. The lowest BCUT2D eigenvalue weighted by atomic mass is 10.1. The van der Waals surface area contributed by atoms with Crippen LogP contribution in [0.2, 0.25) is 5.02 Å². The molecule has 2 aromatic heterocycles. The molecule has 1 amide bonds. The molecule has 1 aliphatic rings. The first-order valence-corrected chi connectivity index (χ1v) is 10.5. The highest BCUT2D eigenvalue weighted by Gasteiger charge is 2.23. The fraction of sp³-hybridized carbons (Fsp3) is 0.130. The third-order valence-electron chi connectivity index (χ3n) is 5.36. The van der Waals surface area contributed by atoms with Crippen molar-refractivity contribution in [1.82, 2.24) is 14.5 Å². The lowest BCUT2D eigenvalue weighted by Crippen LogP contribution is -2.30. The van der Waals surface area contributed by atoms with Crippen molar-refractivity contribution in [2.75, 3.05) is 22.5 Å². The van der Waals surface area contributed by atoms with Crippen molar-refractivity contribution in [3.05, 3.63) is 82.0 Å². The molecule has 9 heteroatoms. The topological polar surface area (TPSA) is 101 Å². The maximum atomic E-state index is 13.6. The molecule has 32 heavy (non-hydrogen) atoms. The van der Waals surface area contributed by atoms with Gasteiger partial charge in [0.25, 0.3) is 5.56 Å². The number of hydrogen-bond donors (Lipinski definition) is 3. The van der Waals surface area contributed by atoms with Gasteiger partial charge in [-0.2, -0.15) is 0 Å². The summed E-state index contributed by atoms with van der Waals surface area (Å²) in [5, 5.41) is 10.7. The number of rotatable bonds is 4. The number of aromatic nitrogens is 3. The summed E-state index contributed by atoms with van der Waals surface area (Å²) in [4.78, 5) is 33.9. The number of para-hydroxylation sites is 1. The first kappa shape index (κ1) is 20.0. The molecule has 3 heterocycles. The lowest BCUT2D eigenvalue weighted by molar-refractivity contribution is -0.114. The zero-order valence-electron chi connectivity index (χ0n) is 17.1. The van der Waals surface area contributed by atoms with E-state index in [-0.39, 0.29) is 24.1 Å². The minimum atomic E-state index is -0.343. The van der Waals surface area contributed by atoms with E-state index in [9.17, 15) is 9.59 Å². The Labute approximate surface area is 188 Å². The summed E-state index contributed by atoms with van der Waals surface area (Å²) in [6.45, 7) is 2.08. The minimum Gasteiger partial charge on any atom is -0.360 e. The van der Waals surface area contributed by atoms with Crippen LogP contribution >= 0.6 is 11.6 Å². The van der Waals surface area contributed by atoms with E-state index in [1.807, 2.05) is 55.5 Å². The third-order valence-corrected chi connectivity index (χ3v) is 5.68. The van der Waals surface area contributed by atoms with Crippen LogP contribution in [0.4, 0.5) is 17.3 Å². The predicted octanol–water partition coefficient (Wildman–Crippen LogP) is 3.97. The van der Waals surface area contributed by atoms with Gasteiger partial charge in [0, 0.05) is 11.4 Å². The highest BCUT2D eigenvalue weighted by Crippen LogP contribution is 2.32. The normalized spacial score (nSPS) is 13.8. The van der Waals surface area contributed by atoms with Crippen LogP contribution in [-0.4, -0.2) is 27.0 Å². The number of nitrogens with one attached hydrogen (secondary N) is 3. The van der Waals surface area contributed by atoms with Gasteiger partial charge in [-0.3, -0.25) is 14.2 Å². The van der Waals surface area contributed by atoms with Crippen LogP contribution in [0, 0.1) is 0 Å². The van der Waals surface area contributed by atoms with Gasteiger partial charge in [-0.1, -0.05) is 41.9 Å². The third kappa shape index (κ3) is 3.44. The summed E-state index contributed by atoms with van der Waals surface area (Å²) in [6.07, 6.45) is 1.42. The van der Waals surface area contributed by atoms with Crippen molar-refractivity contribution in [3.8, 4) is 5.69 Å². The van der Waals surface area contributed by atoms with E-state index >= 15 is 0 Å². The van der Waals surface area contributed by atoms with Gasteiger partial charge in [0.05, 0.1) is 23.0 Å². The summed E-state index contributed by atoms with van der Waals surface area (Å²) in [6, 6.07) is 16.4. The van der Waals surface area contributed by atoms with E-state index in [0.717, 1.165) is 16.8 Å². The molecule has 160 valence electrons. The fourth-order valence-electron chi connectivity index (χ4n) is 3.88. The quantitative estimate of drug-likeness (QED) is 0.438. The molecule has 0 saturated carbocycles. The number of anilines is 3. The molecule has 2 aromatic carbocycles. The lowest BCUT2D eigenvalue weighted by Gasteiger charge is -2.24. The number of halogens is 1. The maximum absolute atomic E-state index is 13.6. The molecule has 3 N–H and O–H groups in total. The second kappa shape index (κ2) is 7.97. The Balaban J connectivity index is 1.66. The molecule has 4 aromatic rings. The molecule has 0 saturated heterocycles. The molecule has 0 bridgehead atoms. The second-order valence-electron chi connectivity index (χ2n) is 7.46. The van der Waals surface area contributed by atoms with E-state index in [0.29, 0.717) is 27.7 Å². The Bertz CT molecular complexity index is 1400. The molecule has 1 atom stereocenters. The number of carbonyl (C=O) groups excluding carboxylic acids is 1. The van der Waals surface area contributed by atoms with Gasteiger partial charge >= 0.3 is 0 Å². The summed E-state index contributed by atoms with van der Waals surface area (Å²) in [5.41, 5.74) is 1.72. The monoisotopic (exact) mass is 446 g/mol. The first-order chi connectivity index (χ1) is 15.5. The molecule has 0 radical (unpaired) electrons. The van der Waals surface area contributed by atoms with Crippen molar-refractivity contribution in [2.45, 2.75) is 13.0 Å². The molecule has 0 fully saturated rings. The summed E-state index contributed by atoms with van der Waals surface area (Å²) in [7, 11) is 0. The Morgan fingerprint density at radius 2 is 1.91 bits per heavy atom. The van der Waals surface area contributed by atoms with Crippen LogP contribution in [0.5, 0.6) is 0 Å². The van der Waals surface area contributed by atoms with Crippen molar-refractivity contribution >= 4 is 45.6 Å². The van der Waals surface area contributed by atoms with Gasteiger partial charge in [0.15, 0.2) is 11.6 Å². The van der Waals surface area contributed by atoms with Crippen LogP contribution < -0.4 is 21.5 Å². The van der Waals surface area contributed by atoms with Gasteiger partial charge in [-0.15, -0.1) is 0 Å². The van der Waals surface area contributed by atoms with Gasteiger partial charge in [0.2, 0.25) is 5.91 Å². The standard InChI is InChI=1S/C23H19ClN6O2/c1-13(28-22-20-21(26-12-27-22)25-11-18(31)29-20)17-10-14-6-5-9-16(24)19(14)23(32)30(17)15-7-3-2-4-8-15/h2-10,12-13H,11H2,1H3,(H,29,31)(H2,25,26,27,28)/t13-/m0/s1. The van der Waals surface area contributed by atoms with E-state index < -0.39 is 0 Å². The predicted molar refractivity (Wildman–Crippen MR) is 126 cm³/mol. The Kier molecular flexibility index (Phi) is 4.99. The van der Waals surface area contributed by atoms with Crippen molar-refractivity contribution in [2.24, 2.45) is 0 Å². The number of carbonyl (C=O) groups is 1. The molecule has 0 spiro atoms. The maximum Gasteiger partial charge on any atom is 0.264 e. The van der Waals surface area contributed by atoms with Crippen molar-refractivity contribution < 1.29 is 4.79 Å². The SMILES string of the molecule is C[C@H](Nc1ncnc2c1NC(=O)CN2)c1cc2cccc(Cl)c2c(=O)n1-c1ccccc1. The number of benzene rings is 2. The minimum absolute atomic E-state index is 0.151. The molecule has 5 rings (SSSR count).